The van der Waals surface area contributed by atoms with E-state index >= 15 is 0 Å². The van der Waals surface area contributed by atoms with Crippen LogP contribution in [-0.4, -0.2) is 28.3 Å². The predicted octanol–water partition coefficient (Wildman–Crippen LogP) is 3.55. The van der Waals surface area contributed by atoms with Gasteiger partial charge in [0.2, 0.25) is 5.95 Å². The Morgan fingerprint density at radius 2 is 1.60 bits per heavy atom. The van der Waals surface area contributed by atoms with Gasteiger partial charge in [0.1, 0.15) is 0 Å². The molecule has 0 unspecified atom stereocenters. The van der Waals surface area contributed by atoms with Crippen molar-refractivity contribution in [2.75, 3.05) is 23.3 Å². The van der Waals surface area contributed by atoms with E-state index in [1.54, 1.807) is 6.20 Å². The summed E-state index contributed by atoms with van der Waals surface area (Å²) >= 11 is 0. The summed E-state index contributed by atoms with van der Waals surface area (Å²) in [5.41, 5.74) is 2.54. The summed E-state index contributed by atoms with van der Waals surface area (Å²) in [7, 11) is 0. The lowest BCUT2D eigenvalue weighted by Crippen LogP contribution is -2.24. The summed E-state index contributed by atoms with van der Waals surface area (Å²) in [5, 5.41) is 11.5. The van der Waals surface area contributed by atoms with E-state index in [0.717, 1.165) is 31.9 Å². The van der Waals surface area contributed by atoms with Crippen LogP contribution in [0.3, 0.4) is 0 Å². The van der Waals surface area contributed by atoms with E-state index in [1.807, 2.05) is 12.1 Å². The second-order valence-corrected chi connectivity index (χ2v) is 5.80. The van der Waals surface area contributed by atoms with Crippen molar-refractivity contribution >= 4 is 11.8 Å². The van der Waals surface area contributed by atoms with Gasteiger partial charge in [-0.3, -0.25) is 0 Å². The van der Waals surface area contributed by atoms with Crippen LogP contribution < -0.4 is 10.2 Å². The molecule has 0 saturated carbocycles. The van der Waals surface area contributed by atoms with Crippen molar-refractivity contribution in [1.82, 2.24) is 15.2 Å². The zero-order valence-electron chi connectivity index (χ0n) is 14.5. The number of rotatable bonds is 8. The monoisotopic (exact) mass is 333 g/mol. The van der Waals surface area contributed by atoms with Crippen molar-refractivity contribution in [2.24, 2.45) is 0 Å². The summed E-state index contributed by atoms with van der Waals surface area (Å²) in [6.45, 7) is 4.56. The van der Waals surface area contributed by atoms with Crippen LogP contribution >= 0.6 is 0 Å². The summed E-state index contributed by atoms with van der Waals surface area (Å²) < 4.78 is 0. The van der Waals surface area contributed by atoms with Gasteiger partial charge in [-0.15, -0.1) is 5.10 Å². The molecule has 2 aromatic carbocycles. The predicted molar refractivity (Wildman–Crippen MR) is 102 cm³/mol. The molecule has 5 heteroatoms. The SMILES string of the molecule is CCN(Cc1ccccc1)c1cnnc(NCCc2ccccc2)n1. The van der Waals surface area contributed by atoms with Crippen molar-refractivity contribution in [3.05, 3.63) is 78.0 Å². The molecule has 0 spiro atoms. The van der Waals surface area contributed by atoms with Gasteiger partial charge >= 0.3 is 0 Å². The van der Waals surface area contributed by atoms with E-state index in [9.17, 15) is 0 Å². The fourth-order valence-electron chi connectivity index (χ4n) is 2.64. The molecule has 0 aliphatic heterocycles. The third-order valence-corrected chi connectivity index (χ3v) is 4.01. The van der Waals surface area contributed by atoms with E-state index in [0.29, 0.717) is 5.95 Å². The Kier molecular flexibility index (Phi) is 5.93. The van der Waals surface area contributed by atoms with Crippen LogP contribution in [0.25, 0.3) is 0 Å². The molecule has 25 heavy (non-hydrogen) atoms. The number of hydrogen-bond acceptors (Lipinski definition) is 5. The Balaban J connectivity index is 1.61. The van der Waals surface area contributed by atoms with Gasteiger partial charge in [-0.1, -0.05) is 60.7 Å². The number of aromatic nitrogens is 3. The van der Waals surface area contributed by atoms with Gasteiger partial charge in [0.25, 0.3) is 0 Å². The molecule has 5 nitrogen and oxygen atoms in total. The maximum absolute atomic E-state index is 4.61. The van der Waals surface area contributed by atoms with Gasteiger partial charge in [0.05, 0.1) is 6.20 Å². The molecule has 0 aliphatic carbocycles. The highest BCUT2D eigenvalue weighted by Crippen LogP contribution is 2.14. The minimum atomic E-state index is 0.569. The van der Waals surface area contributed by atoms with Gasteiger partial charge < -0.3 is 10.2 Å². The van der Waals surface area contributed by atoms with E-state index in [1.165, 1.54) is 11.1 Å². The highest BCUT2D eigenvalue weighted by atomic mass is 15.3. The molecule has 3 aromatic rings. The van der Waals surface area contributed by atoms with Crippen molar-refractivity contribution in [1.29, 1.82) is 0 Å². The standard InChI is InChI=1S/C20H23N5/c1-2-25(16-18-11-7-4-8-12-18)19-15-22-24-20(23-19)21-14-13-17-9-5-3-6-10-17/h3-12,15H,2,13-14,16H2,1H3,(H,21,23,24). The summed E-state index contributed by atoms with van der Waals surface area (Å²) in [5.74, 6) is 1.41. The smallest absolute Gasteiger partial charge is 0.244 e. The second-order valence-electron chi connectivity index (χ2n) is 5.80. The second kappa shape index (κ2) is 8.78. The lowest BCUT2D eigenvalue weighted by atomic mass is 10.1. The fourth-order valence-corrected chi connectivity index (χ4v) is 2.64. The lowest BCUT2D eigenvalue weighted by Gasteiger charge is -2.21. The van der Waals surface area contributed by atoms with E-state index in [4.69, 9.17) is 0 Å². The molecule has 0 fully saturated rings. The van der Waals surface area contributed by atoms with Crippen molar-refractivity contribution < 1.29 is 0 Å². The van der Waals surface area contributed by atoms with Crippen molar-refractivity contribution in [3.63, 3.8) is 0 Å². The number of nitrogens with one attached hydrogen (secondary N) is 1. The molecule has 3 rings (SSSR count). The zero-order valence-corrected chi connectivity index (χ0v) is 14.5. The molecule has 0 bridgehead atoms. The first kappa shape index (κ1) is 16.9. The minimum absolute atomic E-state index is 0.569. The maximum Gasteiger partial charge on any atom is 0.244 e. The maximum atomic E-state index is 4.61. The van der Waals surface area contributed by atoms with E-state index in [2.05, 4.69) is 80.9 Å². The molecule has 0 radical (unpaired) electrons. The molecule has 1 heterocycles. The molecule has 128 valence electrons. The van der Waals surface area contributed by atoms with Gasteiger partial charge in [-0.05, 0) is 24.5 Å². The molecule has 0 aliphatic rings. The molecule has 1 aromatic heterocycles. The highest BCUT2D eigenvalue weighted by molar-refractivity contribution is 5.41. The Bertz CT molecular complexity index is 761. The average molecular weight is 333 g/mol. The Hall–Kier alpha value is -2.95. The molecular weight excluding hydrogens is 310 g/mol. The third-order valence-electron chi connectivity index (χ3n) is 4.01. The summed E-state index contributed by atoms with van der Waals surface area (Å²) in [4.78, 5) is 6.80. The van der Waals surface area contributed by atoms with Gasteiger partial charge in [0.15, 0.2) is 5.82 Å². The summed E-state index contributed by atoms with van der Waals surface area (Å²) in [6.07, 6.45) is 2.64. The van der Waals surface area contributed by atoms with E-state index in [-0.39, 0.29) is 0 Å². The molecule has 0 amide bonds. The summed E-state index contributed by atoms with van der Waals surface area (Å²) in [6, 6.07) is 20.8. The topological polar surface area (TPSA) is 53.9 Å². The van der Waals surface area contributed by atoms with Crippen LogP contribution in [0.2, 0.25) is 0 Å². The minimum Gasteiger partial charge on any atom is -0.353 e. The first-order valence-electron chi connectivity index (χ1n) is 8.61. The molecule has 0 atom stereocenters. The molecule has 1 N–H and O–H groups in total. The Labute approximate surface area is 148 Å². The van der Waals surface area contributed by atoms with E-state index < -0.39 is 0 Å². The number of nitrogens with zero attached hydrogens (tertiary/aromatic N) is 4. The Morgan fingerprint density at radius 1 is 0.920 bits per heavy atom. The first-order valence-corrected chi connectivity index (χ1v) is 8.61. The van der Waals surface area contributed by atoms with Crippen LogP contribution in [0.4, 0.5) is 11.8 Å². The average Bonchev–Trinajstić information content (AvgIpc) is 2.68. The van der Waals surface area contributed by atoms with Crippen LogP contribution in [0.15, 0.2) is 66.9 Å². The largest absolute Gasteiger partial charge is 0.353 e. The Morgan fingerprint density at radius 3 is 2.28 bits per heavy atom. The fraction of sp³-hybridized carbons (Fsp3) is 0.250. The first-order chi connectivity index (χ1) is 12.3. The van der Waals surface area contributed by atoms with Crippen LogP contribution in [0, 0.1) is 0 Å². The highest BCUT2D eigenvalue weighted by Gasteiger charge is 2.09. The third kappa shape index (κ3) is 5.01. The quantitative estimate of drug-likeness (QED) is 0.683. The van der Waals surface area contributed by atoms with Crippen molar-refractivity contribution in [3.8, 4) is 0 Å². The van der Waals surface area contributed by atoms with Crippen LogP contribution in [0.1, 0.15) is 18.1 Å². The van der Waals surface area contributed by atoms with Gasteiger partial charge in [0, 0.05) is 19.6 Å². The lowest BCUT2D eigenvalue weighted by molar-refractivity contribution is 0.795. The zero-order chi connectivity index (χ0) is 17.3. The van der Waals surface area contributed by atoms with Gasteiger partial charge in [-0.25, -0.2) is 0 Å². The molecular formula is C20H23N5. The van der Waals surface area contributed by atoms with Gasteiger partial charge in [-0.2, -0.15) is 10.1 Å². The number of hydrogen-bond donors (Lipinski definition) is 1. The number of anilines is 2. The van der Waals surface area contributed by atoms with Crippen molar-refractivity contribution in [2.45, 2.75) is 19.9 Å². The number of benzene rings is 2. The van der Waals surface area contributed by atoms with Crippen LogP contribution in [-0.2, 0) is 13.0 Å². The molecule has 0 saturated heterocycles. The van der Waals surface area contributed by atoms with Crippen LogP contribution in [0.5, 0.6) is 0 Å². The normalized spacial score (nSPS) is 10.4.